The summed E-state index contributed by atoms with van der Waals surface area (Å²) < 4.78 is 22.5. The number of ether oxygens (including phenoxy) is 4. The average Bonchev–Trinajstić information content (AvgIpc) is 3.22. The number of hydrogen-bond donors (Lipinski definition) is 1. The van der Waals surface area contributed by atoms with Crippen molar-refractivity contribution in [3.05, 3.63) is 58.7 Å². The zero-order valence-corrected chi connectivity index (χ0v) is 24.8. The molecule has 0 unspecified atom stereocenters. The van der Waals surface area contributed by atoms with Crippen LogP contribution in [0.25, 0.3) is 5.76 Å². The van der Waals surface area contributed by atoms with E-state index in [9.17, 15) is 14.7 Å². The summed E-state index contributed by atoms with van der Waals surface area (Å²) in [5.41, 5.74) is 1.94. The first-order valence-corrected chi connectivity index (χ1v) is 14.4. The molecule has 2 heterocycles. The van der Waals surface area contributed by atoms with Gasteiger partial charge in [0.15, 0.2) is 11.5 Å². The third-order valence-corrected chi connectivity index (χ3v) is 7.36. The lowest BCUT2D eigenvalue weighted by Crippen LogP contribution is -2.39. The number of carbonyl (C=O) groups excluding carboxylic acids is 2. The molecule has 2 fully saturated rings. The monoisotopic (exact) mass is 566 g/mol. The Morgan fingerprint density at radius 1 is 1.05 bits per heavy atom. The van der Waals surface area contributed by atoms with E-state index in [4.69, 9.17) is 18.9 Å². The first-order chi connectivity index (χ1) is 19.7. The SMILES string of the molecule is CCOc1ccc([C@@H]2C(=C(O)c3ccc(OCC(C)C)cc3C)C(=O)C(=O)N2CCCN2CCOCC2)cc1OC. The molecule has 0 spiro atoms. The summed E-state index contributed by atoms with van der Waals surface area (Å²) in [5.74, 6) is 0.580. The smallest absolute Gasteiger partial charge is 0.295 e. The molecule has 2 aliphatic rings. The highest BCUT2D eigenvalue weighted by Gasteiger charge is 2.46. The van der Waals surface area contributed by atoms with Crippen molar-refractivity contribution < 1.29 is 33.6 Å². The van der Waals surface area contributed by atoms with Crippen LogP contribution in [0.1, 0.15) is 49.9 Å². The fourth-order valence-electron chi connectivity index (χ4n) is 5.28. The van der Waals surface area contributed by atoms with Gasteiger partial charge in [0.1, 0.15) is 11.5 Å². The van der Waals surface area contributed by atoms with Gasteiger partial charge in [-0.15, -0.1) is 0 Å². The van der Waals surface area contributed by atoms with Crippen molar-refractivity contribution in [1.29, 1.82) is 0 Å². The van der Waals surface area contributed by atoms with Crippen LogP contribution in [0.4, 0.5) is 0 Å². The van der Waals surface area contributed by atoms with E-state index in [0.29, 0.717) is 73.7 Å². The van der Waals surface area contributed by atoms with Gasteiger partial charge in [-0.2, -0.15) is 0 Å². The predicted octanol–water partition coefficient (Wildman–Crippen LogP) is 4.58. The number of ketones is 1. The minimum atomic E-state index is -0.777. The van der Waals surface area contributed by atoms with Gasteiger partial charge in [0.2, 0.25) is 0 Å². The van der Waals surface area contributed by atoms with Crippen molar-refractivity contribution in [1.82, 2.24) is 9.80 Å². The van der Waals surface area contributed by atoms with Crippen molar-refractivity contribution in [2.45, 2.75) is 40.2 Å². The van der Waals surface area contributed by atoms with E-state index >= 15 is 0 Å². The Hall–Kier alpha value is -3.56. The standard InChI is InChI=1S/C32H42N2O7/c1-6-40-26-11-8-23(19-27(26)38-5)29-28(30(35)25-10-9-24(18-22(25)4)41-20-21(2)3)31(36)32(37)34(29)13-7-12-33-14-16-39-17-15-33/h8-11,18-19,21,29,35H,6-7,12-17,20H2,1-5H3/t29-/m1/s1. The van der Waals surface area contributed by atoms with Gasteiger partial charge in [-0.25, -0.2) is 0 Å². The normalized spacial score (nSPS) is 19.2. The topological polar surface area (TPSA) is 97.8 Å². The molecule has 1 atom stereocenters. The first-order valence-electron chi connectivity index (χ1n) is 14.4. The largest absolute Gasteiger partial charge is 0.507 e. The summed E-state index contributed by atoms with van der Waals surface area (Å²) in [6, 6.07) is 9.95. The molecule has 2 aromatic rings. The van der Waals surface area contributed by atoms with E-state index in [1.165, 1.54) is 0 Å². The van der Waals surface area contributed by atoms with Crippen molar-refractivity contribution >= 4 is 17.4 Å². The molecule has 9 heteroatoms. The molecule has 222 valence electrons. The zero-order valence-electron chi connectivity index (χ0n) is 24.8. The zero-order chi connectivity index (χ0) is 29.5. The van der Waals surface area contributed by atoms with Crippen LogP contribution in [-0.4, -0.2) is 86.3 Å². The van der Waals surface area contributed by atoms with Gasteiger partial charge in [0, 0.05) is 31.7 Å². The van der Waals surface area contributed by atoms with E-state index in [0.717, 1.165) is 25.2 Å². The molecule has 0 radical (unpaired) electrons. The Bertz CT molecular complexity index is 1270. The van der Waals surface area contributed by atoms with Crippen LogP contribution < -0.4 is 14.2 Å². The summed E-state index contributed by atoms with van der Waals surface area (Å²) >= 11 is 0. The fourth-order valence-corrected chi connectivity index (χ4v) is 5.28. The molecule has 1 amide bonds. The van der Waals surface area contributed by atoms with Gasteiger partial charge in [-0.3, -0.25) is 14.5 Å². The molecule has 0 aliphatic carbocycles. The van der Waals surface area contributed by atoms with E-state index in [-0.39, 0.29) is 11.3 Å². The van der Waals surface area contributed by atoms with Crippen LogP contribution in [0.3, 0.4) is 0 Å². The molecular weight excluding hydrogens is 524 g/mol. The number of Topliss-reactive ketones (excluding diaryl/α,β-unsaturated/α-hetero) is 1. The Morgan fingerprint density at radius 2 is 1.80 bits per heavy atom. The number of amides is 1. The predicted molar refractivity (Wildman–Crippen MR) is 157 cm³/mol. The third-order valence-electron chi connectivity index (χ3n) is 7.36. The Balaban J connectivity index is 1.72. The second kappa shape index (κ2) is 13.9. The van der Waals surface area contributed by atoms with E-state index in [1.807, 2.05) is 26.0 Å². The number of rotatable bonds is 12. The lowest BCUT2D eigenvalue weighted by atomic mass is 9.93. The van der Waals surface area contributed by atoms with E-state index < -0.39 is 17.7 Å². The van der Waals surface area contributed by atoms with Gasteiger partial charge >= 0.3 is 0 Å². The first kappa shape index (κ1) is 30.4. The number of carbonyl (C=O) groups is 2. The summed E-state index contributed by atoms with van der Waals surface area (Å²) in [6.45, 7) is 13.1. The number of likely N-dealkylation sites (tertiary alicyclic amines) is 1. The quantitative estimate of drug-likeness (QED) is 0.227. The lowest BCUT2D eigenvalue weighted by molar-refractivity contribution is -0.140. The molecule has 2 aliphatic heterocycles. The van der Waals surface area contributed by atoms with Gasteiger partial charge in [0.05, 0.1) is 45.2 Å². The highest BCUT2D eigenvalue weighted by atomic mass is 16.5. The minimum absolute atomic E-state index is 0.0616. The molecule has 2 aromatic carbocycles. The Kier molecular flexibility index (Phi) is 10.3. The number of benzene rings is 2. The number of methoxy groups -OCH3 is 1. The number of nitrogens with zero attached hydrogens (tertiary/aromatic N) is 2. The van der Waals surface area contributed by atoms with Crippen LogP contribution in [0.15, 0.2) is 42.0 Å². The molecule has 41 heavy (non-hydrogen) atoms. The highest BCUT2D eigenvalue weighted by Crippen LogP contribution is 2.42. The number of aliphatic hydroxyl groups is 1. The summed E-state index contributed by atoms with van der Waals surface area (Å²) in [4.78, 5) is 30.9. The van der Waals surface area contributed by atoms with Gasteiger partial charge in [-0.1, -0.05) is 19.9 Å². The summed E-state index contributed by atoms with van der Waals surface area (Å²) in [7, 11) is 1.55. The Morgan fingerprint density at radius 3 is 2.46 bits per heavy atom. The second-order valence-corrected chi connectivity index (χ2v) is 10.8. The van der Waals surface area contributed by atoms with Crippen LogP contribution in [0, 0.1) is 12.8 Å². The molecular formula is C32H42N2O7. The van der Waals surface area contributed by atoms with Crippen LogP contribution in [-0.2, 0) is 14.3 Å². The molecule has 4 rings (SSSR count). The molecule has 0 bridgehead atoms. The van der Waals surface area contributed by atoms with E-state index in [1.54, 1.807) is 36.3 Å². The Labute approximate surface area is 242 Å². The molecule has 2 saturated heterocycles. The average molecular weight is 567 g/mol. The number of aryl methyl sites for hydroxylation is 1. The summed E-state index contributed by atoms with van der Waals surface area (Å²) in [5, 5.41) is 11.6. The maximum absolute atomic E-state index is 13.5. The number of hydrogen-bond acceptors (Lipinski definition) is 8. The highest BCUT2D eigenvalue weighted by molar-refractivity contribution is 6.46. The molecule has 0 saturated carbocycles. The molecule has 1 N–H and O–H groups in total. The minimum Gasteiger partial charge on any atom is -0.507 e. The van der Waals surface area contributed by atoms with Crippen LogP contribution in [0.2, 0.25) is 0 Å². The van der Waals surface area contributed by atoms with Gasteiger partial charge in [-0.05, 0) is 67.6 Å². The van der Waals surface area contributed by atoms with Gasteiger partial charge in [0.25, 0.3) is 11.7 Å². The van der Waals surface area contributed by atoms with Crippen LogP contribution in [0.5, 0.6) is 17.2 Å². The number of morpholine rings is 1. The summed E-state index contributed by atoms with van der Waals surface area (Å²) in [6.07, 6.45) is 0.679. The molecule has 9 nitrogen and oxygen atoms in total. The third kappa shape index (κ3) is 7.02. The van der Waals surface area contributed by atoms with Gasteiger partial charge < -0.3 is 29.0 Å². The van der Waals surface area contributed by atoms with Crippen LogP contribution >= 0.6 is 0 Å². The maximum atomic E-state index is 13.5. The second-order valence-electron chi connectivity index (χ2n) is 10.8. The molecule has 0 aromatic heterocycles. The van der Waals surface area contributed by atoms with Crippen molar-refractivity contribution in [2.24, 2.45) is 5.92 Å². The van der Waals surface area contributed by atoms with Crippen molar-refractivity contribution in [3.63, 3.8) is 0 Å². The lowest BCUT2D eigenvalue weighted by Gasteiger charge is -2.29. The number of aliphatic hydroxyl groups excluding tert-OH is 1. The fraction of sp³-hybridized carbons (Fsp3) is 0.500. The van der Waals surface area contributed by atoms with E-state index in [2.05, 4.69) is 18.7 Å². The van der Waals surface area contributed by atoms with Crippen molar-refractivity contribution in [3.8, 4) is 17.2 Å². The maximum Gasteiger partial charge on any atom is 0.295 e. The van der Waals surface area contributed by atoms with Crippen molar-refractivity contribution in [2.75, 3.05) is 59.7 Å².